The summed E-state index contributed by atoms with van der Waals surface area (Å²) in [6.07, 6.45) is 1.20. The van der Waals surface area contributed by atoms with Gasteiger partial charge < -0.3 is 4.90 Å². The lowest BCUT2D eigenvalue weighted by Gasteiger charge is -2.34. The number of aryl methyl sites for hydroxylation is 1. The number of likely N-dealkylation sites (tertiary alicyclic amines) is 1. The molecule has 1 saturated heterocycles. The maximum absolute atomic E-state index is 12.5. The van der Waals surface area contributed by atoms with E-state index in [2.05, 4.69) is 29.4 Å². The summed E-state index contributed by atoms with van der Waals surface area (Å²) in [6, 6.07) is 7.99. The molecule has 3 rings (SSSR count). The molecule has 1 aromatic heterocycles. The van der Waals surface area contributed by atoms with E-state index in [-0.39, 0.29) is 5.91 Å². The number of hydrogen-bond donors (Lipinski definition) is 0. The molecular weight excluding hydrogens is 322 g/mol. The molecule has 1 aliphatic heterocycles. The van der Waals surface area contributed by atoms with Gasteiger partial charge in [-0.1, -0.05) is 37.7 Å². The molecule has 7 heteroatoms. The monoisotopic (exact) mass is 345 g/mol. The van der Waals surface area contributed by atoms with Crippen LogP contribution < -0.4 is 0 Å². The average molecular weight is 345 g/mol. The van der Waals surface area contributed by atoms with Crippen LogP contribution in [-0.4, -0.2) is 49.9 Å². The van der Waals surface area contributed by atoms with Crippen molar-refractivity contribution in [1.82, 2.24) is 25.1 Å². The number of hydrogen-bond acceptors (Lipinski definition) is 5. The zero-order chi connectivity index (χ0) is 17.1. The Kier molecular flexibility index (Phi) is 5.18. The average Bonchev–Trinajstić information content (AvgIpc) is 3.00. The number of piperidine rings is 1. The highest BCUT2D eigenvalue weighted by molar-refractivity contribution is 7.99. The predicted molar refractivity (Wildman–Crippen MR) is 94.1 cm³/mol. The van der Waals surface area contributed by atoms with Gasteiger partial charge in [-0.25, -0.2) is 0 Å². The Hall–Kier alpha value is -1.89. The lowest BCUT2D eigenvalue weighted by molar-refractivity contribution is -0.130. The van der Waals surface area contributed by atoms with Crippen molar-refractivity contribution in [3.8, 4) is 5.69 Å². The number of tetrazole rings is 1. The fourth-order valence-electron chi connectivity index (χ4n) is 3.27. The molecule has 0 aliphatic carbocycles. The van der Waals surface area contributed by atoms with E-state index in [4.69, 9.17) is 0 Å². The van der Waals surface area contributed by atoms with Crippen LogP contribution in [0.3, 0.4) is 0 Å². The molecule has 1 aromatic carbocycles. The molecule has 2 heterocycles. The van der Waals surface area contributed by atoms with Gasteiger partial charge in [-0.15, -0.1) is 5.10 Å². The maximum atomic E-state index is 12.5. The van der Waals surface area contributed by atoms with Crippen molar-refractivity contribution < 1.29 is 4.79 Å². The molecule has 0 saturated carbocycles. The second kappa shape index (κ2) is 7.34. The van der Waals surface area contributed by atoms with Gasteiger partial charge in [0, 0.05) is 13.1 Å². The minimum Gasteiger partial charge on any atom is -0.341 e. The highest BCUT2D eigenvalue weighted by Gasteiger charge is 2.25. The third-order valence-corrected chi connectivity index (χ3v) is 5.14. The smallest absolute Gasteiger partial charge is 0.233 e. The molecule has 128 valence electrons. The van der Waals surface area contributed by atoms with Crippen molar-refractivity contribution in [3.05, 3.63) is 29.8 Å². The molecule has 2 aromatic rings. The highest BCUT2D eigenvalue weighted by Crippen LogP contribution is 2.23. The number of nitrogens with zero attached hydrogens (tertiary/aromatic N) is 5. The van der Waals surface area contributed by atoms with Crippen LogP contribution in [0.4, 0.5) is 0 Å². The largest absolute Gasteiger partial charge is 0.341 e. The van der Waals surface area contributed by atoms with Crippen LogP contribution in [0, 0.1) is 18.8 Å². The maximum Gasteiger partial charge on any atom is 0.233 e. The van der Waals surface area contributed by atoms with E-state index in [1.54, 1.807) is 4.68 Å². The van der Waals surface area contributed by atoms with Crippen LogP contribution in [0.2, 0.25) is 0 Å². The number of benzene rings is 1. The van der Waals surface area contributed by atoms with Crippen LogP contribution in [0.5, 0.6) is 0 Å². The van der Waals surface area contributed by atoms with Crippen molar-refractivity contribution in [1.29, 1.82) is 0 Å². The second-order valence-electron chi connectivity index (χ2n) is 6.75. The molecule has 0 bridgehead atoms. The first-order valence-corrected chi connectivity index (χ1v) is 9.27. The van der Waals surface area contributed by atoms with Gasteiger partial charge in [0.2, 0.25) is 11.1 Å². The third kappa shape index (κ3) is 3.95. The van der Waals surface area contributed by atoms with Crippen molar-refractivity contribution in [2.45, 2.75) is 32.3 Å². The first kappa shape index (κ1) is 17.0. The summed E-state index contributed by atoms with van der Waals surface area (Å²) in [5.41, 5.74) is 2.06. The lowest BCUT2D eigenvalue weighted by atomic mass is 9.92. The molecular formula is C17H23N5OS. The molecule has 0 spiro atoms. The van der Waals surface area contributed by atoms with Gasteiger partial charge in [0.25, 0.3) is 0 Å². The minimum atomic E-state index is 0.164. The summed E-state index contributed by atoms with van der Waals surface area (Å²) in [6.45, 7) is 8.16. The molecule has 0 unspecified atom stereocenters. The highest BCUT2D eigenvalue weighted by atomic mass is 32.2. The minimum absolute atomic E-state index is 0.164. The molecule has 24 heavy (non-hydrogen) atoms. The molecule has 1 fully saturated rings. The zero-order valence-electron chi connectivity index (χ0n) is 14.3. The van der Waals surface area contributed by atoms with Crippen LogP contribution >= 0.6 is 11.8 Å². The van der Waals surface area contributed by atoms with Crippen molar-refractivity contribution >= 4 is 17.7 Å². The van der Waals surface area contributed by atoms with E-state index >= 15 is 0 Å². The summed E-state index contributed by atoms with van der Waals surface area (Å²) in [7, 11) is 0. The normalized spacial score (nSPS) is 21.0. The first-order valence-electron chi connectivity index (χ1n) is 8.29. The van der Waals surface area contributed by atoms with Crippen molar-refractivity contribution in [3.63, 3.8) is 0 Å². The van der Waals surface area contributed by atoms with Gasteiger partial charge in [0.15, 0.2) is 0 Å². The van der Waals surface area contributed by atoms with E-state index in [0.29, 0.717) is 22.7 Å². The Morgan fingerprint density at radius 1 is 1.29 bits per heavy atom. The number of rotatable bonds is 4. The Bertz CT molecular complexity index is 707. The van der Waals surface area contributed by atoms with Gasteiger partial charge in [-0.2, -0.15) is 4.68 Å². The topological polar surface area (TPSA) is 63.9 Å². The first-order chi connectivity index (χ1) is 11.5. The molecule has 6 nitrogen and oxygen atoms in total. The van der Waals surface area contributed by atoms with Crippen LogP contribution in [0.25, 0.3) is 5.69 Å². The molecule has 1 aliphatic rings. The fraction of sp³-hybridized carbons (Fsp3) is 0.529. The van der Waals surface area contributed by atoms with Crippen LogP contribution in [0.1, 0.15) is 25.8 Å². The third-order valence-electron chi connectivity index (χ3n) is 4.23. The number of carbonyl (C=O) groups is 1. The van der Waals surface area contributed by atoms with Crippen LogP contribution in [-0.2, 0) is 4.79 Å². The molecule has 2 atom stereocenters. The van der Waals surface area contributed by atoms with E-state index < -0.39 is 0 Å². The summed E-state index contributed by atoms with van der Waals surface area (Å²) in [4.78, 5) is 14.5. The number of carbonyl (C=O) groups excluding carboxylic acids is 1. The zero-order valence-corrected chi connectivity index (χ0v) is 15.2. The number of thioether (sulfide) groups is 1. The van der Waals surface area contributed by atoms with Crippen molar-refractivity contribution in [2.75, 3.05) is 18.8 Å². The van der Waals surface area contributed by atoms with E-state index in [1.165, 1.54) is 18.2 Å². The SMILES string of the molecule is Cc1cccc(-n2nnnc2SCC(=O)N2C[C@H](C)C[C@@H](C)C2)c1. The van der Waals surface area contributed by atoms with E-state index in [0.717, 1.165) is 24.3 Å². The molecule has 0 radical (unpaired) electrons. The molecule has 0 N–H and O–H groups in total. The van der Waals surface area contributed by atoms with E-state index in [9.17, 15) is 4.79 Å². The van der Waals surface area contributed by atoms with Gasteiger partial charge >= 0.3 is 0 Å². The van der Waals surface area contributed by atoms with Gasteiger partial charge in [0.05, 0.1) is 11.4 Å². The van der Waals surface area contributed by atoms with Gasteiger partial charge in [-0.3, -0.25) is 4.79 Å². The Morgan fingerprint density at radius 3 is 2.75 bits per heavy atom. The number of amides is 1. The fourth-order valence-corrected chi connectivity index (χ4v) is 4.07. The number of aromatic nitrogens is 4. The second-order valence-corrected chi connectivity index (χ2v) is 7.69. The predicted octanol–water partition coefficient (Wildman–Crippen LogP) is 2.57. The Morgan fingerprint density at radius 2 is 2.04 bits per heavy atom. The quantitative estimate of drug-likeness (QED) is 0.797. The van der Waals surface area contributed by atoms with Crippen molar-refractivity contribution in [2.24, 2.45) is 11.8 Å². The summed E-state index contributed by atoms with van der Waals surface area (Å²) >= 11 is 1.39. The van der Waals surface area contributed by atoms with E-state index in [1.807, 2.05) is 36.1 Å². The van der Waals surface area contributed by atoms with Gasteiger partial charge in [0.1, 0.15) is 0 Å². The Labute approximate surface area is 146 Å². The summed E-state index contributed by atoms with van der Waals surface area (Å²) in [5, 5.41) is 12.5. The van der Waals surface area contributed by atoms with Gasteiger partial charge in [-0.05, 0) is 53.3 Å². The van der Waals surface area contributed by atoms with Crippen LogP contribution in [0.15, 0.2) is 29.4 Å². The summed E-state index contributed by atoms with van der Waals surface area (Å²) in [5.74, 6) is 1.67. The standard InChI is InChI=1S/C17H23N5OS/c1-12-5-4-6-15(8-12)22-17(18-19-20-22)24-11-16(23)21-9-13(2)7-14(3)10-21/h4-6,8,13-14H,7,9-11H2,1-3H3/t13-,14-/m1/s1. The molecule has 1 amide bonds. The Balaban J connectivity index is 1.65. The summed E-state index contributed by atoms with van der Waals surface area (Å²) < 4.78 is 1.69. The lowest BCUT2D eigenvalue weighted by Crippen LogP contribution is -2.43.